The molecule has 32 heavy (non-hydrogen) atoms. The molecule has 1 saturated carbocycles. The first kappa shape index (κ1) is 20.1. The van der Waals surface area contributed by atoms with Crippen LogP contribution in [0.25, 0.3) is 21.8 Å². The van der Waals surface area contributed by atoms with E-state index in [2.05, 4.69) is 20.6 Å². The van der Waals surface area contributed by atoms with Gasteiger partial charge < -0.3 is 10.6 Å². The minimum absolute atomic E-state index is 0.0991. The van der Waals surface area contributed by atoms with Crippen LogP contribution in [0.2, 0.25) is 0 Å². The molecule has 5 rings (SSSR count). The van der Waals surface area contributed by atoms with Gasteiger partial charge in [0.25, 0.3) is 11.8 Å². The maximum atomic E-state index is 12.7. The molecule has 4 aromatic rings. The highest BCUT2D eigenvalue weighted by Gasteiger charge is 2.24. The van der Waals surface area contributed by atoms with Gasteiger partial charge in [0.05, 0.1) is 22.2 Å². The molecule has 2 aromatic heterocycles. The number of pyridine rings is 2. The number of carbonyl (C=O) groups is 2. The van der Waals surface area contributed by atoms with Gasteiger partial charge >= 0.3 is 0 Å². The molecule has 1 aliphatic carbocycles. The summed E-state index contributed by atoms with van der Waals surface area (Å²) in [6, 6.07) is 19.5. The first-order valence-corrected chi connectivity index (χ1v) is 11.0. The van der Waals surface area contributed by atoms with E-state index in [1.54, 1.807) is 12.4 Å². The molecule has 6 nitrogen and oxygen atoms in total. The largest absolute Gasteiger partial charge is 0.349 e. The van der Waals surface area contributed by atoms with Gasteiger partial charge in [0.2, 0.25) is 0 Å². The second-order valence-corrected chi connectivity index (χ2v) is 8.33. The van der Waals surface area contributed by atoms with E-state index in [-0.39, 0.29) is 23.9 Å². The SMILES string of the molecule is O=C(NC1CCC(NC(=O)c2cnc3ccccc3c2)CC1)c1cnc2ccccc2c1. The number of aromatic nitrogens is 2. The lowest BCUT2D eigenvalue weighted by Gasteiger charge is -2.29. The van der Waals surface area contributed by atoms with Crippen molar-refractivity contribution in [1.82, 2.24) is 20.6 Å². The van der Waals surface area contributed by atoms with Crippen LogP contribution in [0.5, 0.6) is 0 Å². The Bertz CT molecular complexity index is 1190. The molecule has 0 atom stereocenters. The van der Waals surface area contributed by atoms with Crippen molar-refractivity contribution in [3.63, 3.8) is 0 Å². The highest BCUT2D eigenvalue weighted by molar-refractivity contribution is 5.98. The monoisotopic (exact) mass is 424 g/mol. The molecule has 1 aliphatic rings. The van der Waals surface area contributed by atoms with E-state index < -0.39 is 0 Å². The second kappa shape index (κ2) is 8.75. The lowest BCUT2D eigenvalue weighted by Crippen LogP contribution is -2.43. The summed E-state index contributed by atoms with van der Waals surface area (Å²) in [5, 5.41) is 8.15. The second-order valence-electron chi connectivity index (χ2n) is 8.33. The zero-order valence-corrected chi connectivity index (χ0v) is 17.6. The highest BCUT2D eigenvalue weighted by Crippen LogP contribution is 2.21. The van der Waals surface area contributed by atoms with E-state index in [1.807, 2.05) is 60.7 Å². The number of rotatable bonds is 4. The summed E-state index contributed by atoms with van der Waals surface area (Å²) in [5.74, 6) is -0.198. The van der Waals surface area contributed by atoms with Gasteiger partial charge in [-0.05, 0) is 49.9 Å². The van der Waals surface area contributed by atoms with Crippen LogP contribution in [-0.2, 0) is 0 Å². The van der Waals surface area contributed by atoms with E-state index in [0.717, 1.165) is 47.5 Å². The molecular weight excluding hydrogens is 400 g/mol. The van der Waals surface area contributed by atoms with Gasteiger partial charge in [0.1, 0.15) is 0 Å². The zero-order valence-electron chi connectivity index (χ0n) is 17.6. The first-order chi connectivity index (χ1) is 15.7. The van der Waals surface area contributed by atoms with Gasteiger partial charge in [-0.2, -0.15) is 0 Å². The molecule has 0 bridgehead atoms. The van der Waals surface area contributed by atoms with Gasteiger partial charge in [-0.1, -0.05) is 36.4 Å². The average Bonchev–Trinajstić information content (AvgIpc) is 2.84. The third-order valence-corrected chi connectivity index (χ3v) is 6.10. The fraction of sp³-hybridized carbons (Fsp3) is 0.231. The van der Waals surface area contributed by atoms with Crippen molar-refractivity contribution in [3.8, 4) is 0 Å². The molecule has 2 amide bonds. The van der Waals surface area contributed by atoms with Crippen molar-refractivity contribution in [2.45, 2.75) is 37.8 Å². The van der Waals surface area contributed by atoms with Crippen molar-refractivity contribution >= 4 is 33.6 Å². The van der Waals surface area contributed by atoms with Gasteiger partial charge in [-0.15, -0.1) is 0 Å². The number of amides is 2. The van der Waals surface area contributed by atoms with Crippen LogP contribution in [0, 0.1) is 0 Å². The number of hydrogen-bond donors (Lipinski definition) is 2. The molecule has 0 saturated heterocycles. The quantitative estimate of drug-likeness (QED) is 0.513. The van der Waals surface area contributed by atoms with Crippen molar-refractivity contribution in [2.24, 2.45) is 0 Å². The molecule has 6 heteroatoms. The van der Waals surface area contributed by atoms with Gasteiger partial charge in [-0.25, -0.2) is 0 Å². The summed E-state index contributed by atoms with van der Waals surface area (Å²) in [5.41, 5.74) is 2.90. The molecule has 2 heterocycles. The topological polar surface area (TPSA) is 84.0 Å². The number of nitrogens with zero attached hydrogens (tertiary/aromatic N) is 2. The smallest absolute Gasteiger partial charge is 0.253 e. The van der Waals surface area contributed by atoms with E-state index in [0.29, 0.717) is 11.1 Å². The minimum Gasteiger partial charge on any atom is -0.349 e. The van der Waals surface area contributed by atoms with E-state index in [1.165, 1.54) is 0 Å². The molecule has 160 valence electrons. The van der Waals surface area contributed by atoms with E-state index in [4.69, 9.17) is 0 Å². The molecule has 0 spiro atoms. The Morgan fingerprint density at radius 3 is 1.50 bits per heavy atom. The highest BCUT2D eigenvalue weighted by atomic mass is 16.2. The Hall–Kier alpha value is -3.80. The third-order valence-electron chi connectivity index (χ3n) is 6.10. The predicted octanol–water partition coefficient (Wildman–Crippen LogP) is 4.25. The van der Waals surface area contributed by atoms with Crippen molar-refractivity contribution in [2.75, 3.05) is 0 Å². The summed E-state index contributed by atoms with van der Waals surface area (Å²) in [4.78, 5) is 34.1. The average molecular weight is 425 g/mol. The number of hydrogen-bond acceptors (Lipinski definition) is 4. The normalized spacial score (nSPS) is 18.4. The predicted molar refractivity (Wildman–Crippen MR) is 124 cm³/mol. The Kier molecular flexibility index (Phi) is 5.50. The lowest BCUT2D eigenvalue weighted by atomic mass is 9.90. The van der Waals surface area contributed by atoms with Crippen molar-refractivity contribution in [3.05, 3.63) is 84.2 Å². The molecule has 0 aliphatic heterocycles. The number of benzene rings is 2. The maximum absolute atomic E-state index is 12.7. The van der Waals surface area contributed by atoms with Crippen molar-refractivity contribution < 1.29 is 9.59 Å². The minimum atomic E-state index is -0.0991. The molecule has 0 radical (unpaired) electrons. The van der Waals surface area contributed by atoms with Crippen LogP contribution in [0.1, 0.15) is 46.4 Å². The van der Waals surface area contributed by atoms with Crippen LogP contribution in [-0.4, -0.2) is 33.9 Å². The molecule has 2 aromatic carbocycles. The fourth-order valence-electron chi connectivity index (χ4n) is 4.31. The fourth-order valence-corrected chi connectivity index (χ4v) is 4.31. The maximum Gasteiger partial charge on any atom is 0.253 e. The van der Waals surface area contributed by atoms with Crippen molar-refractivity contribution in [1.29, 1.82) is 0 Å². The van der Waals surface area contributed by atoms with E-state index >= 15 is 0 Å². The molecule has 0 unspecified atom stereocenters. The number of fused-ring (bicyclic) bond motifs is 2. The van der Waals surface area contributed by atoms with Gasteiger partial charge in [-0.3, -0.25) is 19.6 Å². The van der Waals surface area contributed by atoms with Crippen LogP contribution >= 0.6 is 0 Å². The summed E-state index contributed by atoms with van der Waals surface area (Å²) < 4.78 is 0. The van der Waals surface area contributed by atoms with Crippen LogP contribution in [0.15, 0.2) is 73.1 Å². The Morgan fingerprint density at radius 2 is 1.06 bits per heavy atom. The number of nitrogens with one attached hydrogen (secondary N) is 2. The molecule has 2 N–H and O–H groups in total. The summed E-state index contributed by atoms with van der Waals surface area (Å²) in [7, 11) is 0. The number of carbonyl (C=O) groups excluding carboxylic acids is 2. The van der Waals surface area contributed by atoms with E-state index in [9.17, 15) is 9.59 Å². The number of para-hydroxylation sites is 2. The summed E-state index contributed by atoms with van der Waals surface area (Å²) >= 11 is 0. The Labute approximate surface area is 186 Å². The van der Waals surface area contributed by atoms with Crippen LogP contribution in [0.3, 0.4) is 0 Å². The Morgan fingerprint density at radius 1 is 0.656 bits per heavy atom. The first-order valence-electron chi connectivity index (χ1n) is 11.0. The molecular formula is C26H24N4O2. The molecule has 1 fully saturated rings. The van der Waals surface area contributed by atoms with Gasteiger partial charge in [0, 0.05) is 35.2 Å². The van der Waals surface area contributed by atoms with Crippen LogP contribution in [0.4, 0.5) is 0 Å². The third kappa shape index (κ3) is 4.30. The van der Waals surface area contributed by atoms with Crippen LogP contribution < -0.4 is 10.6 Å². The summed E-state index contributed by atoms with van der Waals surface area (Å²) in [6.07, 6.45) is 6.56. The van der Waals surface area contributed by atoms with Gasteiger partial charge in [0.15, 0.2) is 0 Å². The summed E-state index contributed by atoms with van der Waals surface area (Å²) in [6.45, 7) is 0. The Balaban J connectivity index is 1.15. The zero-order chi connectivity index (χ0) is 21.9. The standard InChI is InChI=1S/C26H24N4O2/c31-25(19-13-17-5-1-3-7-23(17)27-15-19)29-21-9-11-22(12-10-21)30-26(32)20-14-18-6-2-4-8-24(18)28-16-20/h1-8,13-16,21-22H,9-12H2,(H,29,31)(H,30,32). The lowest BCUT2D eigenvalue weighted by molar-refractivity contribution is 0.0892.